The van der Waals surface area contributed by atoms with E-state index in [9.17, 15) is 0 Å². The van der Waals surface area contributed by atoms with Crippen LogP contribution in [0.3, 0.4) is 0 Å². The number of ether oxygens (including phenoxy) is 1. The molecular formula is C14H28O2. The summed E-state index contributed by atoms with van der Waals surface area (Å²) in [6.45, 7) is 7.43. The first kappa shape index (κ1) is 14.0. The predicted molar refractivity (Wildman–Crippen MR) is 67.5 cm³/mol. The zero-order chi connectivity index (χ0) is 12.0. The van der Waals surface area contributed by atoms with Gasteiger partial charge >= 0.3 is 0 Å². The molecular weight excluding hydrogens is 200 g/mol. The summed E-state index contributed by atoms with van der Waals surface area (Å²) in [7, 11) is 0. The molecule has 1 rings (SSSR count). The topological polar surface area (TPSA) is 29.5 Å². The van der Waals surface area contributed by atoms with Crippen LogP contribution in [-0.2, 0) is 4.74 Å². The fourth-order valence-electron chi connectivity index (χ4n) is 2.33. The van der Waals surface area contributed by atoms with Crippen LogP contribution in [0.25, 0.3) is 0 Å². The maximum Gasteiger partial charge on any atom is 0.0575 e. The lowest BCUT2D eigenvalue weighted by atomic mass is 9.76. The minimum Gasteiger partial charge on any atom is -0.393 e. The van der Waals surface area contributed by atoms with Gasteiger partial charge in [-0.15, -0.1) is 0 Å². The molecule has 2 nitrogen and oxygen atoms in total. The number of aliphatic hydroxyl groups is 1. The van der Waals surface area contributed by atoms with Crippen LogP contribution in [0.5, 0.6) is 0 Å². The number of hydrogen-bond acceptors (Lipinski definition) is 2. The van der Waals surface area contributed by atoms with Crippen LogP contribution in [0, 0.1) is 5.41 Å². The van der Waals surface area contributed by atoms with Crippen molar-refractivity contribution in [2.75, 3.05) is 6.61 Å². The van der Waals surface area contributed by atoms with Gasteiger partial charge in [-0.3, -0.25) is 0 Å². The van der Waals surface area contributed by atoms with Crippen molar-refractivity contribution in [2.45, 2.75) is 77.9 Å². The van der Waals surface area contributed by atoms with Gasteiger partial charge in [0.25, 0.3) is 0 Å². The number of aliphatic hydroxyl groups excluding tert-OH is 1. The fraction of sp³-hybridized carbons (Fsp3) is 1.00. The van der Waals surface area contributed by atoms with Crippen molar-refractivity contribution < 1.29 is 9.84 Å². The number of hydrogen-bond donors (Lipinski definition) is 1. The van der Waals surface area contributed by atoms with Crippen molar-refractivity contribution in [2.24, 2.45) is 5.41 Å². The molecule has 0 heterocycles. The lowest BCUT2D eigenvalue weighted by Gasteiger charge is -2.34. The Morgan fingerprint density at radius 3 is 2.44 bits per heavy atom. The average Bonchev–Trinajstić information content (AvgIpc) is 2.19. The van der Waals surface area contributed by atoms with Crippen molar-refractivity contribution in [3.63, 3.8) is 0 Å². The summed E-state index contributed by atoms with van der Waals surface area (Å²) < 4.78 is 5.88. The second kappa shape index (κ2) is 6.61. The second-order valence-electron chi connectivity index (χ2n) is 6.08. The first-order valence-electron chi connectivity index (χ1n) is 6.79. The van der Waals surface area contributed by atoms with Crippen LogP contribution in [-0.4, -0.2) is 23.9 Å². The molecule has 0 spiro atoms. The smallest absolute Gasteiger partial charge is 0.0575 e. The van der Waals surface area contributed by atoms with Crippen molar-refractivity contribution >= 4 is 0 Å². The van der Waals surface area contributed by atoms with Gasteiger partial charge in [-0.05, 0) is 57.3 Å². The molecule has 0 aromatic heterocycles. The molecule has 1 N–H and O–H groups in total. The summed E-state index contributed by atoms with van der Waals surface area (Å²) in [5, 5.41) is 9.12. The minimum absolute atomic E-state index is 0.157. The molecule has 1 saturated carbocycles. The molecule has 96 valence electrons. The van der Waals surface area contributed by atoms with Gasteiger partial charge < -0.3 is 9.84 Å². The Balaban J connectivity index is 1.98. The molecule has 2 heteroatoms. The monoisotopic (exact) mass is 228 g/mol. The minimum atomic E-state index is -0.157. The number of rotatable bonds is 6. The van der Waals surface area contributed by atoms with Crippen LogP contribution in [0.2, 0.25) is 0 Å². The van der Waals surface area contributed by atoms with Crippen LogP contribution in [0.15, 0.2) is 0 Å². The zero-order valence-corrected chi connectivity index (χ0v) is 11.2. The normalized spacial score (nSPS) is 23.2. The Labute approximate surface area is 100 Å². The van der Waals surface area contributed by atoms with E-state index >= 15 is 0 Å². The highest BCUT2D eigenvalue weighted by Crippen LogP contribution is 2.36. The highest BCUT2D eigenvalue weighted by Gasteiger charge is 2.26. The van der Waals surface area contributed by atoms with E-state index in [0.717, 1.165) is 25.9 Å². The Hall–Kier alpha value is -0.0800. The van der Waals surface area contributed by atoms with Crippen LogP contribution < -0.4 is 0 Å². The van der Waals surface area contributed by atoms with Crippen molar-refractivity contribution in [3.05, 3.63) is 0 Å². The van der Waals surface area contributed by atoms with Gasteiger partial charge in [0, 0.05) is 6.61 Å². The average molecular weight is 228 g/mol. The quantitative estimate of drug-likeness (QED) is 0.705. The standard InChI is InChI=1S/C14H28O2/c1-12(15)6-4-5-11-16-13-7-9-14(2,3)10-8-13/h12-13,15H,4-11H2,1-3H3. The van der Waals surface area contributed by atoms with Gasteiger partial charge in [-0.1, -0.05) is 13.8 Å². The third-order valence-electron chi connectivity index (χ3n) is 3.66. The van der Waals surface area contributed by atoms with Gasteiger partial charge in [0.15, 0.2) is 0 Å². The van der Waals surface area contributed by atoms with E-state index in [0.29, 0.717) is 11.5 Å². The maximum atomic E-state index is 9.12. The van der Waals surface area contributed by atoms with E-state index < -0.39 is 0 Å². The lowest BCUT2D eigenvalue weighted by Crippen LogP contribution is -2.26. The van der Waals surface area contributed by atoms with Gasteiger partial charge in [0.1, 0.15) is 0 Å². The summed E-state index contributed by atoms with van der Waals surface area (Å²) in [4.78, 5) is 0. The first-order chi connectivity index (χ1) is 7.49. The van der Waals surface area contributed by atoms with Crippen molar-refractivity contribution in [3.8, 4) is 0 Å². The Bertz CT molecular complexity index is 177. The molecule has 0 bridgehead atoms. The molecule has 1 fully saturated rings. The Morgan fingerprint density at radius 2 is 1.88 bits per heavy atom. The van der Waals surface area contributed by atoms with Gasteiger partial charge in [0.2, 0.25) is 0 Å². The molecule has 1 aliphatic carbocycles. The summed E-state index contributed by atoms with van der Waals surface area (Å²) >= 11 is 0. The third kappa shape index (κ3) is 5.86. The molecule has 0 aromatic rings. The molecule has 16 heavy (non-hydrogen) atoms. The molecule has 1 unspecified atom stereocenters. The Kier molecular flexibility index (Phi) is 5.77. The second-order valence-corrected chi connectivity index (χ2v) is 6.08. The van der Waals surface area contributed by atoms with Gasteiger partial charge in [-0.25, -0.2) is 0 Å². The highest BCUT2D eigenvalue weighted by atomic mass is 16.5. The summed E-state index contributed by atoms with van der Waals surface area (Å²) in [5.74, 6) is 0. The van der Waals surface area contributed by atoms with Crippen molar-refractivity contribution in [1.29, 1.82) is 0 Å². The molecule has 0 saturated heterocycles. The molecule has 0 aliphatic heterocycles. The van der Waals surface area contributed by atoms with Crippen LogP contribution >= 0.6 is 0 Å². The summed E-state index contributed by atoms with van der Waals surface area (Å²) in [5.41, 5.74) is 0.534. The molecule has 0 amide bonds. The largest absolute Gasteiger partial charge is 0.393 e. The fourth-order valence-corrected chi connectivity index (χ4v) is 2.33. The van der Waals surface area contributed by atoms with E-state index in [-0.39, 0.29) is 6.10 Å². The molecule has 0 radical (unpaired) electrons. The number of unbranched alkanes of at least 4 members (excludes halogenated alkanes) is 1. The van der Waals surface area contributed by atoms with E-state index in [1.165, 1.54) is 25.7 Å². The first-order valence-corrected chi connectivity index (χ1v) is 6.79. The Morgan fingerprint density at radius 1 is 1.25 bits per heavy atom. The van der Waals surface area contributed by atoms with Crippen molar-refractivity contribution in [1.82, 2.24) is 0 Å². The van der Waals surface area contributed by atoms with Crippen LogP contribution in [0.4, 0.5) is 0 Å². The van der Waals surface area contributed by atoms with Crippen LogP contribution in [0.1, 0.15) is 65.7 Å². The van der Waals surface area contributed by atoms with Gasteiger partial charge in [-0.2, -0.15) is 0 Å². The van der Waals surface area contributed by atoms with Gasteiger partial charge in [0.05, 0.1) is 12.2 Å². The molecule has 0 aromatic carbocycles. The highest BCUT2D eigenvalue weighted by molar-refractivity contribution is 4.78. The third-order valence-corrected chi connectivity index (χ3v) is 3.66. The SMILES string of the molecule is CC(O)CCCCOC1CCC(C)(C)CC1. The lowest BCUT2D eigenvalue weighted by molar-refractivity contribution is 0.00202. The zero-order valence-electron chi connectivity index (χ0n) is 11.2. The predicted octanol–water partition coefficient (Wildman–Crippen LogP) is 3.52. The summed E-state index contributed by atoms with van der Waals surface area (Å²) in [6.07, 6.45) is 8.46. The van der Waals surface area contributed by atoms with E-state index in [1.807, 2.05) is 6.92 Å². The summed E-state index contributed by atoms with van der Waals surface area (Å²) in [6, 6.07) is 0. The molecule has 1 atom stereocenters. The maximum absolute atomic E-state index is 9.12. The van der Waals surface area contributed by atoms with E-state index in [4.69, 9.17) is 9.84 Å². The molecule has 1 aliphatic rings. The van der Waals surface area contributed by atoms with E-state index in [1.54, 1.807) is 0 Å². The van der Waals surface area contributed by atoms with E-state index in [2.05, 4.69) is 13.8 Å².